The van der Waals surface area contributed by atoms with Crippen molar-refractivity contribution in [1.82, 2.24) is 15.6 Å². The number of carbonyl (C=O) groups excluding carboxylic acids is 2. The molecule has 0 atom stereocenters. The third-order valence-electron chi connectivity index (χ3n) is 2.13. The van der Waals surface area contributed by atoms with Gasteiger partial charge in [-0.05, 0) is 19.1 Å². The zero-order valence-corrected chi connectivity index (χ0v) is 9.57. The first-order valence-electron chi connectivity index (χ1n) is 4.95. The smallest absolute Gasteiger partial charge is 0.270 e. The molecule has 88 valence electrons. The Morgan fingerprint density at radius 2 is 2.18 bits per heavy atom. The topological polar surface area (TPSA) is 94.9 Å². The number of pyridine rings is 1. The maximum absolute atomic E-state index is 11.6. The van der Waals surface area contributed by atoms with E-state index in [9.17, 15) is 9.59 Å². The van der Waals surface area contributed by atoms with E-state index < -0.39 is 5.91 Å². The van der Waals surface area contributed by atoms with E-state index in [0.29, 0.717) is 11.3 Å². The molecule has 0 aliphatic carbocycles. The molecule has 2 amide bonds. The van der Waals surface area contributed by atoms with Gasteiger partial charge in [-0.15, -0.1) is 0 Å². The lowest BCUT2D eigenvalue weighted by molar-refractivity contribution is -0.119. The minimum Gasteiger partial charge on any atom is -0.358 e. The van der Waals surface area contributed by atoms with Crippen LogP contribution < -0.4 is 10.6 Å². The van der Waals surface area contributed by atoms with Crippen molar-refractivity contribution in [3.8, 4) is 6.07 Å². The van der Waals surface area contributed by atoms with Crippen molar-refractivity contribution in [3.63, 3.8) is 0 Å². The Hall–Kier alpha value is -2.42. The third-order valence-corrected chi connectivity index (χ3v) is 2.13. The van der Waals surface area contributed by atoms with Crippen LogP contribution >= 0.6 is 0 Å². The zero-order chi connectivity index (χ0) is 12.8. The molecule has 0 saturated carbocycles. The molecule has 0 fully saturated rings. The van der Waals surface area contributed by atoms with Gasteiger partial charge in [0.15, 0.2) is 0 Å². The van der Waals surface area contributed by atoms with Crippen molar-refractivity contribution in [2.24, 2.45) is 0 Å². The van der Waals surface area contributed by atoms with Gasteiger partial charge in [0, 0.05) is 7.05 Å². The van der Waals surface area contributed by atoms with Gasteiger partial charge in [0.1, 0.15) is 11.8 Å². The molecular formula is C11H12N4O2. The van der Waals surface area contributed by atoms with Crippen molar-refractivity contribution in [1.29, 1.82) is 5.26 Å². The van der Waals surface area contributed by atoms with E-state index >= 15 is 0 Å². The predicted molar refractivity (Wildman–Crippen MR) is 60.1 cm³/mol. The van der Waals surface area contributed by atoms with Crippen LogP contribution in [0.5, 0.6) is 0 Å². The summed E-state index contributed by atoms with van der Waals surface area (Å²) in [6.07, 6.45) is 0. The molecule has 1 heterocycles. The van der Waals surface area contributed by atoms with Gasteiger partial charge in [-0.2, -0.15) is 5.26 Å². The van der Waals surface area contributed by atoms with Crippen LogP contribution in [0.1, 0.15) is 21.7 Å². The van der Waals surface area contributed by atoms with Gasteiger partial charge in [-0.1, -0.05) is 0 Å². The van der Waals surface area contributed by atoms with Gasteiger partial charge >= 0.3 is 0 Å². The first-order chi connectivity index (χ1) is 8.08. The summed E-state index contributed by atoms with van der Waals surface area (Å²) in [5, 5.41) is 13.5. The molecule has 6 nitrogen and oxygen atoms in total. The van der Waals surface area contributed by atoms with E-state index in [1.807, 2.05) is 6.07 Å². The molecule has 17 heavy (non-hydrogen) atoms. The number of rotatable bonds is 3. The summed E-state index contributed by atoms with van der Waals surface area (Å²) in [6.45, 7) is 1.55. The van der Waals surface area contributed by atoms with Gasteiger partial charge in [0.2, 0.25) is 5.91 Å². The van der Waals surface area contributed by atoms with Gasteiger partial charge in [-0.25, -0.2) is 4.98 Å². The van der Waals surface area contributed by atoms with Crippen LogP contribution in [-0.2, 0) is 4.79 Å². The summed E-state index contributed by atoms with van der Waals surface area (Å²) in [4.78, 5) is 26.5. The fraction of sp³-hybridized carbons (Fsp3) is 0.273. The van der Waals surface area contributed by atoms with Gasteiger partial charge in [0.25, 0.3) is 5.91 Å². The molecule has 0 bridgehead atoms. The molecule has 1 rings (SSSR count). The number of nitriles is 1. The highest BCUT2D eigenvalue weighted by Gasteiger charge is 2.10. The first kappa shape index (κ1) is 12.6. The Bertz CT molecular complexity index is 491. The second-order valence-electron chi connectivity index (χ2n) is 3.30. The molecule has 0 spiro atoms. The second-order valence-corrected chi connectivity index (χ2v) is 3.30. The van der Waals surface area contributed by atoms with Crippen LogP contribution in [-0.4, -0.2) is 30.4 Å². The largest absolute Gasteiger partial charge is 0.358 e. The minimum atomic E-state index is -0.443. The lowest BCUT2D eigenvalue weighted by Crippen LogP contribution is -2.35. The van der Waals surface area contributed by atoms with Crippen LogP contribution in [0.3, 0.4) is 0 Å². The summed E-state index contributed by atoms with van der Waals surface area (Å²) >= 11 is 0. The number of aryl methyl sites for hydroxylation is 1. The van der Waals surface area contributed by atoms with Crippen molar-refractivity contribution in [2.75, 3.05) is 13.6 Å². The van der Waals surface area contributed by atoms with Crippen molar-refractivity contribution in [3.05, 3.63) is 29.1 Å². The molecule has 1 aromatic rings. The number of hydrogen-bond donors (Lipinski definition) is 2. The number of hydrogen-bond acceptors (Lipinski definition) is 4. The molecule has 1 aromatic heterocycles. The van der Waals surface area contributed by atoms with E-state index in [2.05, 4.69) is 15.6 Å². The molecule has 0 radical (unpaired) electrons. The quantitative estimate of drug-likeness (QED) is 0.750. The number of amides is 2. The molecule has 0 aromatic carbocycles. The summed E-state index contributed by atoms with van der Waals surface area (Å²) < 4.78 is 0. The Kier molecular flexibility index (Phi) is 4.17. The van der Waals surface area contributed by atoms with Crippen molar-refractivity contribution < 1.29 is 9.59 Å². The standard InChI is InChI=1S/C11H12N4O2/c1-7-8(5-12)3-4-9(15-7)11(17)14-6-10(16)13-2/h3-4H,6H2,1-2H3,(H,13,16)(H,14,17). The maximum Gasteiger partial charge on any atom is 0.270 e. The Morgan fingerprint density at radius 1 is 1.47 bits per heavy atom. The number of carbonyl (C=O) groups is 2. The summed E-state index contributed by atoms with van der Waals surface area (Å²) in [7, 11) is 1.48. The van der Waals surface area contributed by atoms with E-state index in [4.69, 9.17) is 5.26 Å². The fourth-order valence-corrected chi connectivity index (χ4v) is 1.15. The van der Waals surface area contributed by atoms with E-state index in [0.717, 1.165) is 0 Å². The summed E-state index contributed by atoms with van der Waals surface area (Å²) in [6, 6.07) is 4.94. The number of likely N-dealkylation sites (N-methyl/N-ethyl adjacent to an activating group) is 1. The highest BCUT2D eigenvalue weighted by Crippen LogP contribution is 2.05. The van der Waals surface area contributed by atoms with Crippen molar-refractivity contribution >= 4 is 11.8 Å². The Labute approximate surface area is 98.7 Å². The Balaban J connectivity index is 2.74. The average molecular weight is 232 g/mol. The normalized spacial score (nSPS) is 9.24. The Morgan fingerprint density at radius 3 is 2.71 bits per heavy atom. The summed E-state index contributed by atoms with van der Waals surface area (Å²) in [5.41, 5.74) is 1.10. The molecular weight excluding hydrogens is 220 g/mol. The van der Waals surface area contributed by atoms with Gasteiger partial charge in [-0.3, -0.25) is 9.59 Å². The highest BCUT2D eigenvalue weighted by molar-refractivity contribution is 5.94. The predicted octanol–water partition coefficient (Wildman–Crippen LogP) is -0.263. The van der Waals surface area contributed by atoms with Crippen LogP contribution in [0.4, 0.5) is 0 Å². The molecule has 2 N–H and O–H groups in total. The number of nitrogens with one attached hydrogen (secondary N) is 2. The van der Waals surface area contributed by atoms with E-state index in [-0.39, 0.29) is 18.1 Å². The molecule has 0 aliphatic heterocycles. The van der Waals surface area contributed by atoms with E-state index in [1.165, 1.54) is 19.2 Å². The van der Waals surface area contributed by atoms with Gasteiger partial charge in [0.05, 0.1) is 17.8 Å². The highest BCUT2D eigenvalue weighted by atomic mass is 16.2. The van der Waals surface area contributed by atoms with Crippen molar-refractivity contribution in [2.45, 2.75) is 6.92 Å². The maximum atomic E-state index is 11.6. The first-order valence-corrected chi connectivity index (χ1v) is 4.95. The van der Waals surface area contributed by atoms with Gasteiger partial charge < -0.3 is 10.6 Å². The SMILES string of the molecule is CNC(=O)CNC(=O)c1ccc(C#N)c(C)n1. The average Bonchev–Trinajstić information content (AvgIpc) is 2.35. The fourth-order valence-electron chi connectivity index (χ4n) is 1.15. The number of nitrogens with zero attached hydrogens (tertiary/aromatic N) is 2. The van der Waals surface area contributed by atoms with Crippen LogP contribution in [0.25, 0.3) is 0 Å². The molecule has 0 unspecified atom stereocenters. The lowest BCUT2D eigenvalue weighted by atomic mass is 10.2. The molecule has 0 saturated heterocycles. The second kappa shape index (κ2) is 5.61. The van der Waals surface area contributed by atoms with Crippen LogP contribution in [0.15, 0.2) is 12.1 Å². The molecule has 6 heteroatoms. The monoisotopic (exact) mass is 232 g/mol. The van der Waals surface area contributed by atoms with Crippen LogP contribution in [0, 0.1) is 18.3 Å². The van der Waals surface area contributed by atoms with E-state index in [1.54, 1.807) is 6.92 Å². The van der Waals surface area contributed by atoms with Crippen LogP contribution in [0.2, 0.25) is 0 Å². The zero-order valence-electron chi connectivity index (χ0n) is 9.57. The third kappa shape index (κ3) is 3.28. The minimum absolute atomic E-state index is 0.101. The lowest BCUT2D eigenvalue weighted by Gasteiger charge is -2.04. The molecule has 0 aliphatic rings. The summed E-state index contributed by atoms with van der Waals surface area (Å²) in [5.74, 6) is -0.732. The number of aromatic nitrogens is 1.